The van der Waals surface area contributed by atoms with Crippen LogP contribution in [0.5, 0.6) is 0 Å². The number of hydrogen-bond acceptors (Lipinski definition) is 2. The Balaban J connectivity index is 0.000000720. The van der Waals surface area contributed by atoms with Crippen LogP contribution in [-0.2, 0) is 0 Å². The van der Waals surface area contributed by atoms with Gasteiger partial charge in [0.25, 0.3) is 0 Å². The first-order chi connectivity index (χ1) is 5.36. The molecule has 3 heteroatoms. The molecule has 1 aliphatic heterocycles. The fourth-order valence-electron chi connectivity index (χ4n) is 2.31. The minimum Gasteiger partial charge on any atom is -0.387 e. The summed E-state index contributed by atoms with van der Waals surface area (Å²) in [4.78, 5) is 4.50. The van der Waals surface area contributed by atoms with E-state index in [1.807, 2.05) is 0 Å². The molecule has 0 unspecified atom stereocenters. The lowest BCUT2D eigenvalue weighted by Gasteiger charge is -2.32. The smallest absolute Gasteiger partial charge is 0.0940 e. The molecule has 0 aromatic rings. The van der Waals surface area contributed by atoms with E-state index in [1.54, 1.807) is 0 Å². The Morgan fingerprint density at radius 2 is 1.92 bits per heavy atom. The summed E-state index contributed by atoms with van der Waals surface area (Å²) in [5, 5.41) is 0. The molecule has 1 fully saturated rings. The number of nitrogens with two attached hydrogens (primary N) is 1. The maximum atomic E-state index is 5.69. The molecule has 1 heterocycles. The Bertz CT molecular complexity index is 179. The van der Waals surface area contributed by atoms with Crippen molar-refractivity contribution in [1.82, 2.24) is 0 Å². The normalized spacial score (nSPS) is 34.5. The molecule has 2 N–H and O–H groups in total. The van der Waals surface area contributed by atoms with Gasteiger partial charge in [-0.15, -0.1) is 12.4 Å². The molecule has 0 radical (unpaired) electrons. The van der Waals surface area contributed by atoms with E-state index in [-0.39, 0.29) is 12.4 Å². The van der Waals surface area contributed by atoms with E-state index >= 15 is 0 Å². The molecule has 1 aliphatic carbocycles. The van der Waals surface area contributed by atoms with Gasteiger partial charge in [-0.05, 0) is 25.2 Å². The summed E-state index contributed by atoms with van der Waals surface area (Å²) >= 11 is 0. The largest absolute Gasteiger partial charge is 0.387 e. The van der Waals surface area contributed by atoms with Crippen LogP contribution in [0, 0.1) is 5.92 Å². The summed E-state index contributed by atoms with van der Waals surface area (Å²) in [5.41, 5.74) is 5.69. The fraction of sp³-hybridized carbons (Fsp3) is 0.889. The van der Waals surface area contributed by atoms with Crippen LogP contribution in [0.2, 0.25) is 0 Å². The molecule has 0 saturated heterocycles. The molecule has 70 valence electrons. The predicted molar refractivity (Wildman–Crippen MR) is 53.9 cm³/mol. The summed E-state index contributed by atoms with van der Waals surface area (Å²) in [5.74, 6) is 1.77. The van der Waals surface area contributed by atoms with Crippen molar-refractivity contribution >= 4 is 18.2 Å². The SMILES string of the molecule is Cl.NC1=N[C@@H]2CCCC[C@@H]2CC1. The maximum Gasteiger partial charge on any atom is 0.0940 e. The second-order valence-corrected chi connectivity index (χ2v) is 3.77. The van der Waals surface area contributed by atoms with Crippen molar-refractivity contribution in [2.24, 2.45) is 16.6 Å². The number of hydrogen-bond donors (Lipinski definition) is 1. The molecule has 0 bridgehead atoms. The Kier molecular flexibility index (Phi) is 3.39. The number of amidine groups is 1. The topological polar surface area (TPSA) is 38.4 Å². The molecule has 12 heavy (non-hydrogen) atoms. The average Bonchev–Trinajstić information content (AvgIpc) is 2.04. The highest BCUT2D eigenvalue weighted by molar-refractivity contribution is 5.85. The van der Waals surface area contributed by atoms with Crippen molar-refractivity contribution in [3.05, 3.63) is 0 Å². The maximum absolute atomic E-state index is 5.69. The van der Waals surface area contributed by atoms with Crippen molar-refractivity contribution in [2.45, 2.75) is 44.6 Å². The monoisotopic (exact) mass is 188 g/mol. The Hall–Kier alpha value is -0.240. The van der Waals surface area contributed by atoms with Crippen LogP contribution < -0.4 is 5.73 Å². The molecule has 2 rings (SSSR count). The van der Waals surface area contributed by atoms with Gasteiger partial charge in [0.05, 0.1) is 11.9 Å². The first-order valence-corrected chi connectivity index (χ1v) is 4.68. The van der Waals surface area contributed by atoms with Crippen LogP contribution in [0.25, 0.3) is 0 Å². The lowest BCUT2D eigenvalue weighted by atomic mass is 9.80. The van der Waals surface area contributed by atoms with Gasteiger partial charge in [0.15, 0.2) is 0 Å². The number of rotatable bonds is 0. The number of fused-ring (bicyclic) bond motifs is 1. The predicted octanol–water partition coefficient (Wildman–Crippen LogP) is 2.12. The highest BCUT2D eigenvalue weighted by atomic mass is 35.5. The summed E-state index contributed by atoms with van der Waals surface area (Å²) in [6.45, 7) is 0. The zero-order valence-electron chi connectivity index (χ0n) is 7.33. The van der Waals surface area contributed by atoms with Crippen molar-refractivity contribution in [1.29, 1.82) is 0 Å². The highest BCUT2D eigenvalue weighted by Gasteiger charge is 2.27. The van der Waals surface area contributed by atoms with Crippen molar-refractivity contribution < 1.29 is 0 Å². The van der Waals surface area contributed by atoms with Crippen molar-refractivity contribution in [3.8, 4) is 0 Å². The second kappa shape index (κ2) is 4.13. The highest BCUT2D eigenvalue weighted by Crippen LogP contribution is 2.32. The van der Waals surface area contributed by atoms with E-state index in [2.05, 4.69) is 4.99 Å². The van der Waals surface area contributed by atoms with Gasteiger partial charge in [0.1, 0.15) is 0 Å². The zero-order chi connectivity index (χ0) is 7.68. The van der Waals surface area contributed by atoms with E-state index in [4.69, 9.17) is 5.73 Å². The van der Waals surface area contributed by atoms with Crippen LogP contribution in [0.3, 0.4) is 0 Å². The molecule has 2 atom stereocenters. The summed E-state index contributed by atoms with van der Waals surface area (Å²) in [7, 11) is 0. The Morgan fingerprint density at radius 1 is 1.17 bits per heavy atom. The minimum absolute atomic E-state index is 0. The lowest BCUT2D eigenvalue weighted by molar-refractivity contribution is 0.286. The third kappa shape index (κ3) is 1.92. The molecule has 0 aromatic carbocycles. The lowest BCUT2D eigenvalue weighted by Crippen LogP contribution is -2.31. The van der Waals surface area contributed by atoms with Crippen LogP contribution in [-0.4, -0.2) is 11.9 Å². The van der Waals surface area contributed by atoms with Crippen LogP contribution in [0.1, 0.15) is 38.5 Å². The van der Waals surface area contributed by atoms with Crippen LogP contribution in [0.4, 0.5) is 0 Å². The summed E-state index contributed by atoms with van der Waals surface area (Å²) in [6.07, 6.45) is 7.78. The van der Waals surface area contributed by atoms with Gasteiger partial charge in [-0.3, -0.25) is 4.99 Å². The van der Waals surface area contributed by atoms with Crippen LogP contribution >= 0.6 is 12.4 Å². The van der Waals surface area contributed by atoms with Crippen molar-refractivity contribution in [3.63, 3.8) is 0 Å². The number of halogens is 1. The fourth-order valence-corrected chi connectivity index (χ4v) is 2.31. The molecule has 0 spiro atoms. The van der Waals surface area contributed by atoms with Gasteiger partial charge < -0.3 is 5.73 Å². The molecule has 0 aromatic heterocycles. The van der Waals surface area contributed by atoms with E-state index < -0.39 is 0 Å². The molecule has 2 nitrogen and oxygen atoms in total. The van der Waals surface area contributed by atoms with Gasteiger partial charge in [-0.1, -0.05) is 12.8 Å². The third-order valence-electron chi connectivity index (χ3n) is 2.97. The summed E-state index contributed by atoms with van der Waals surface area (Å²) in [6, 6.07) is 0.595. The van der Waals surface area contributed by atoms with Gasteiger partial charge in [-0.2, -0.15) is 0 Å². The number of nitrogens with zero attached hydrogens (tertiary/aromatic N) is 1. The average molecular weight is 189 g/mol. The minimum atomic E-state index is 0. The molecule has 0 amide bonds. The standard InChI is InChI=1S/C9H16N2.ClH/c10-9-6-5-7-3-1-2-4-8(7)11-9;/h7-8H,1-6H2,(H2,10,11);1H/t7-,8-;/m1./s1. The molecular weight excluding hydrogens is 172 g/mol. The van der Waals surface area contributed by atoms with E-state index in [0.29, 0.717) is 6.04 Å². The second-order valence-electron chi connectivity index (χ2n) is 3.77. The number of aliphatic imine (C=N–C) groups is 1. The Morgan fingerprint density at radius 3 is 2.75 bits per heavy atom. The van der Waals surface area contributed by atoms with Gasteiger partial charge in [-0.25, -0.2) is 0 Å². The van der Waals surface area contributed by atoms with Gasteiger partial charge >= 0.3 is 0 Å². The molecule has 1 saturated carbocycles. The first kappa shape index (κ1) is 9.85. The first-order valence-electron chi connectivity index (χ1n) is 4.68. The van der Waals surface area contributed by atoms with E-state index in [9.17, 15) is 0 Å². The van der Waals surface area contributed by atoms with E-state index in [0.717, 1.165) is 18.2 Å². The van der Waals surface area contributed by atoms with Gasteiger partial charge in [0.2, 0.25) is 0 Å². The summed E-state index contributed by atoms with van der Waals surface area (Å²) < 4.78 is 0. The Labute approximate surface area is 80.0 Å². The van der Waals surface area contributed by atoms with Crippen molar-refractivity contribution in [2.75, 3.05) is 0 Å². The zero-order valence-corrected chi connectivity index (χ0v) is 8.15. The molecule has 2 aliphatic rings. The molecular formula is C9H17ClN2. The van der Waals surface area contributed by atoms with E-state index in [1.165, 1.54) is 32.1 Å². The van der Waals surface area contributed by atoms with Crippen LogP contribution in [0.15, 0.2) is 4.99 Å². The van der Waals surface area contributed by atoms with Gasteiger partial charge in [0, 0.05) is 6.42 Å². The third-order valence-corrected chi connectivity index (χ3v) is 2.97. The quantitative estimate of drug-likeness (QED) is 0.622.